The van der Waals surface area contributed by atoms with Crippen LogP contribution in [0.2, 0.25) is 0 Å². The lowest BCUT2D eigenvalue weighted by atomic mass is 9.99. The van der Waals surface area contributed by atoms with Crippen LogP contribution >= 0.6 is 0 Å². The number of carboxylic acids is 1. The minimum atomic E-state index is -1.41. The summed E-state index contributed by atoms with van der Waals surface area (Å²) in [5.74, 6) is -6.85. The number of hydrogen-bond acceptors (Lipinski definition) is 15. The fourth-order valence-electron chi connectivity index (χ4n) is 4.56. The second-order valence-electron chi connectivity index (χ2n) is 12.9. The minimum Gasteiger partial charge on any atom is -0.481 e. The van der Waals surface area contributed by atoms with E-state index in [0.717, 1.165) is 0 Å². The number of aldehydes is 1. The van der Waals surface area contributed by atoms with Gasteiger partial charge in [0, 0.05) is 0 Å². The fraction of sp³-hybridized carbons (Fsp3) is 0.742. The Kier molecular flexibility index (Phi) is 23.9. The third-order valence-electron chi connectivity index (χ3n) is 7.00. The summed E-state index contributed by atoms with van der Waals surface area (Å²) in [5, 5.41) is 19.3. The molecule has 0 aliphatic rings. The van der Waals surface area contributed by atoms with Gasteiger partial charge in [-0.2, -0.15) is 5.48 Å². The molecule has 5 atom stereocenters. The van der Waals surface area contributed by atoms with Gasteiger partial charge in [0.05, 0.1) is 38.1 Å². The predicted octanol–water partition coefficient (Wildman–Crippen LogP) is -3.45. The Labute approximate surface area is 298 Å². The van der Waals surface area contributed by atoms with Crippen LogP contribution in [-0.4, -0.2) is 109 Å². The summed E-state index contributed by atoms with van der Waals surface area (Å²) in [6, 6.07) is -5.98. The second-order valence-corrected chi connectivity index (χ2v) is 12.9. The maximum atomic E-state index is 13.5. The molecule has 0 aliphatic carbocycles. The van der Waals surface area contributed by atoms with E-state index in [1.807, 2.05) is 20.8 Å². The molecule has 0 aromatic rings. The second kappa shape index (κ2) is 25.9. The molecule has 0 heterocycles. The number of amides is 4. The van der Waals surface area contributed by atoms with E-state index < -0.39 is 97.0 Å². The molecule has 0 bridgehead atoms. The number of hydroxylamine groups is 1. The number of rotatable bonds is 30. The summed E-state index contributed by atoms with van der Waals surface area (Å²) < 4.78 is 0. The molecular formula is C31H58N10O10. The normalized spacial score (nSPS) is 14.3. The molecule has 292 valence electrons. The van der Waals surface area contributed by atoms with Crippen molar-refractivity contribution in [2.24, 2.45) is 29.0 Å². The number of hydrogen-bond donors (Lipinski definition) is 11. The van der Waals surface area contributed by atoms with Gasteiger partial charge in [-0.1, -0.05) is 34.6 Å². The molecule has 14 N–H and O–H groups in total. The first-order valence-electron chi connectivity index (χ1n) is 16.9. The summed E-state index contributed by atoms with van der Waals surface area (Å²) >= 11 is 0. The highest BCUT2D eigenvalue weighted by Gasteiger charge is 2.33. The molecule has 0 spiro atoms. The highest BCUT2D eigenvalue weighted by molar-refractivity contribution is 6.40. The predicted molar refractivity (Wildman–Crippen MR) is 184 cm³/mol. The Morgan fingerprint density at radius 2 is 1.41 bits per heavy atom. The first kappa shape index (κ1) is 47.1. The molecule has 0 radical (unpaired) electrons. The van der Waals surface area contributed by atoms with Crippen molar-refractivity contribution in [3.63, 3.8) is 0 Å². The highest BCUT2D eigenvalue weighted by atomic mass is 16.6. The monoisotopic (exact) mass is 730 g/mol. The zero-order chi connectivity index (χ0) is 39.1. The molecule has 0 fully saturated rings. The Morgan fingerprint density at radius 1 is 0.804 bits per heavy atom. The van der Waals surface area contributed by atoms with Gasteiger partial charge in [-0.3, -0.25) is 38.9 Å². The van der Waals surface area contributed by atoms with Crippen LogP contribution in [-0.2, 0) is 43.2 Å². The average Bonchev–Trinajstić information content (AvgIpc) is 3.03. The van der Waals surface area contributed by atoms with Crippen LogP contribution in [0, 0.1) is 11.8 Å². The highest BCUT2D eigenvalue weighted by Crippen LogP contribution is 2.09. The zero-order valence-electron chi connectivity index (χ0n) is 30.1. The number of carboxylic acid groups (broad SMARTS) is 1. The first-order valence-corrected chi connectivity index (χ1v) is 16.9. The Bertz CT molecular complexity index is 1150. The van der Waals surface area contributed by atoms with E-state index in [2.05, 4.69) is 37.6 Å². The van der Waals surface area contributed by atoms with Crippen LogP contribution in [0.5, 0.6) is 0 Å². The van der Waals surface area contributed by atoms with Crippen molar-refractivity contribution in [2.75, 3.05) is 19.7 Å². The van der Waals surface area contributed by atoms with E-state index >= 15 is 0 Å². The Hall–Kier alpha value is -3.92. The van der Waals surface area contributed by atoms with Crippen LogP contribution in [0.4, 0.5) is 0 Å². The van der Waals surface area contributed by atoms with E-state index in [1.165, 1.54) is 0 Å². The van der Waals surface area contributed by atoms with Gasteiger partial charge in [0.15, 0.2) is 0 Å². The van der Waals surface area contributed by atoms with Crippen molar-refractivity contribution in [2.45, 2.75) is 116 Å². The van der Waals surface area contributed by atoms with Crippen LogP contribution < -0.4 is 54.8 Å². The molecule has 0 rings (SSSR count). The van der Waals surface area contributed by atoms with Gasteiger partial charge in [0.1, 0.15) is 30.7 Å². The van der Waals surface area contributed by atoms with Crippen LogP contribution in [0.1, 0.15) is 79.6 Å². The summed E-state index contributed by atoms with van der Waals surface area (Å²) in [6.45, 7) is 8.75. The van der Waals surface area contributed by atoms with Crippen molar-refractivity contribution in [3.8, 4) is 0 Å². The van der Waals surface area contributed by atoms with Gasteiger partial charge < -0.3 is 47.9 Å². The summed E-state index contributed by atoms with van der Waals surface area (Å²) in [7, 11) is 0. The number of nitrogens with one attached hydrogen (secondary N) is 7. The summed E-state index contributed by atoms with van der Waals surface area (Å²) in [4.78, 5) is 105. The smallest absolute Gasteiger partial charge is 0.305 e. The SMILES string of the molecule is CCCON[C@@H](CC(N)=O)C(=O)N[C@@H](CC(C)C)C(=O)N[C@@H](CCCNC(N)N)C(=O)C(=O)CNC(=O)[C@H](CC(=O)O)NN[C@H](C=O)CC(C)C. The number of hydrazine groups is 1. The van der Waals surface area contributed by atoms with E-state index in [0.29, 0.717) is 19.1 Å². The van der Waals surface area contributed by atoms with Crippen LogP contribution in [0.3, 0.4) is 0 Å². The van der Waals surface area contributed by atoms with Crippen LogP contribution in [0.15, 0.2) is 0 Å². The van der Waals surface area contributed by atoms with Gasteiger partial charge in [-0.05, 0) is 50.5 Å². The standard InChI is InChI=1S/C31H58N10O10/c1-6-10-51-41-23(13-25(32)44)30(50)38-21(12-18(4)5)29(49)37-20(8-7-9-35-31(33)34)27(47)24(43)15-36-28(48)22(14-26(45)46)40-39-19(16-42)11-17(2)3/h16-23,31,35,39-41H,6-15,33-34H2,1-5H3,(H2,32,44)(H,36,48)(H,37,49)(H,38,50)(H,45,46)/t19-,20-,21-,22-,23-/m0/s1. The summed E-state index contributed by atoms with van der Waals surface area (Å²) in [5.41, 5.74) is 23.9. The number of nitrogens with two attached hydrogens (primary N) is 3. The Balaban J connectivity index is 5.90. The molecule has 51 heavy (non-hydrogen) atoms. The van der Waals surface area contributed by atoms with E-state index in [1.54, 1.807) is 13.8 Å². The molecule has 4 amide bonds. The maximum absolute atomic E-state index is 13.5. The largest absolute Gasteiger partial charge is 0.481 e. The molecule has 0 unspecified atom stereocenters. The Morgan fingerprint density at radius 3 is 1.94 bits per heavy atom. The number of carbonyl (C=O) groups is 8. The lowest BCUT2D eigenvalue weighted by molar-refractivity contribution is -0.141. The maximum Gasteiger partial charge on any atom is 0.305 e. The topological polar surface area (TPSA) is 328 Å². The van der Waals surface area contributed by atoms with E-state index in [4.69, 9.17) is 22.0 Å². The number of carbonyl (C=O) groups excluding carboxylic acids is 7. The summed E-state index contributed by atoms with van der Waals surface area (Å²) in [6.07, 6.45) is -0.155. The average molecular weight is 731 g/mol. The third kappa shape index (κ3) is 21.8. The van der Waals surface area contributed by atoms with Crippen molar-refractivity contribution >= 4 is 47.5 Å². The fourth-order valence-corrected chi connectivity index (χ4v) is 4.56. The number of ketones is 2. The van der Waals surface area contributed by atoms with Crippen LogP contribution in [0.25, 0.3) is 0 Å². The molecule has 20 nitrogen and oxygen atoms in total. The lowest BCUT2D eigenvalue weighted by Crippen LogP contribution is -2.57. The van der Waals surface area contributed by atoms with E-state index in [9.17, 15) is 43.5 Å². The van der Waals surface area contributed by atoms with Gasteiger partial charge in [0.25, 0.3) is 0 Å². The molecule has 0 aromatic heterocycles. The van der Waals surface area contributed by atoms with Gasteiger partial charge in [-0.15, -0.1) is 0 Å². The third-order valence-corrected chi connectivity index (χ3v) is 7.00. The molecule has 0 aromatic carbocycles. The lowest BCUT2D eigenvalue weighted by Gasteiger charge is -2.26. The van der Waals surface area contributed by atoms with Gasteiger partial charge >= 0.3 is 5.97 Å². The number of Topliss-reactive ketones (excluding diaryl/α,β-unsaturated/α-hetero) is 2. The number of aliphatic carboxylic acids is 1. The zero-order valence-corrected chi connectivity index (χ0v) is 30.1. The van der Waals surface area contributed by atoms with Gasteiger partial charge in [0.2, 0.25) is 35.2 Å². The molecule has 0 saturated heterocycles. The van der Waals surface area contributed by atoms with Crippen molar-refractivity contribution in [1.82, 2.24) is 37.6 Å². The van der Waals surface area contributed by atoms with Gasteiger partial charge in [-0.25, -0.2) is 10.9 Å². The molecule has 0 aliphatic heterocycles. The quantitative estimate of drug-likeness (QED) is 0.0113. The van der Waals surface area contributed by atoms with Crippen molar-refractivity contribution in [1.29, 1.82) is 0 Å². The number of primary amides is 1. The molecule has 0 saturated carbocycles. The van der Waals surface area contributed by atoms with E-state index in [-0.39, 0.29) is 44.2 Å². The molecule has 20 heteroatoms. The molecular weight excluding hydrogens is 672 g/mol. The van der Waals surface area contributed by atoms with Crippen molar-refractivity contribution in [3.05, 3.63) is 0 Å². The van der Waals surface area contributed by atoms with Crippen molar-refractivity contribution < 1.29 is 48.3 Å². The minimum absolute atomic E-state index is 0.0703. The first-order chi connectivity index (χ1) is 23.9.